The van der Waals surface area contributed by atoms with Gasteiger partial charge in [0.15, 0.2) is 0 Å². The van der Waals surface area contributed by atoms with Crippen LogP contribution in [0.3, 0.4) is 0 Å². The van der Waals surface area contributed by atoms with Crippen LogP contribution in [0.1, 0.15) is 26.7 Å². The summed E-state index contributed by atoms with van der Waals surface area (Å²) < 4.78 is 0. The van der Waals surface area contributed by atoms with Crippen LogP contribution in [0.15, 0.2) is 35.5 Å². The van der Waals surface area contributed by atoms with Crippen LogP contribution in [0.25, 0.3) is 0 Å². The zero-order chi connectivity index (χ0) is 7.40. The van der Waals surface area contributed by atoms with Gasteiger partial charge in [0, 0.05) is 0 Å². The van der Waals surface area contributed by atoms with Crippen molar-refractivity contribution in [2.75, 3.05) is 0 Å². The van der Waals surface area contributed by atoms with E-state index in [0.717, 1.165) is 0 Å². The van der Waals surface area contributed by atoms with Gasteiger partial charge in [-0.25, -0.2) is 0 Å². The van der Waals surface area contributed by atoms with Crippen LogP contribution in [0, 0.1) is 0 Å². The topological polar surface area (TPSA) is 0 Å². The van der Waals surface area contributed by atoms with Crippen molar-refractivity contribution in [2.24, 2.45) is 0 Å². The van der Waals surface area contributed by atoms with Gasteiger partial charge in [-0.2, -0.15) is 0 Å². The Bertz CT molecular complexity index is 192. The number of allylic oxidation sites excluding steroid dienone is 6. The first kappa shape index (κ1) is 7.33. The van der Waals surface area contributed by atoms with Gasteiger partial charge in [0.1, 0.15) is 0 Å². The first-order chi connectivity index (χ1) is 4.84. The molecule has 0 amide bonds. The third-order valence-electron chi connectivity index (χ3n) is 1.88. The molecule has 0 spiro atoms. The van der Waals surface area contributed by atoms with Gasteiger partial charge in [-0.3, -0.25) is 0 Å². The van der Waals surface area contributed by atoms with Crippen LogP contribution in [-0.4, -0.2) is 0 Å². The molecule has 1 aliphatic carbocycles. The SMILES string of the molecule is CC=C(C)C1=CCCC=C1. The third-order valence-corrected chi connectivity index (χ3v) is 1.88. The Labute approximate surface area is 62.9 Å². The zero-order valence-electron chi connectivity index (χ0n) is 6.72. The lowest BCUT2D eigenvalue weighted by atomic mass is 10.0. The van der Waals surface area contributed by atoms with Crippen molar-refractivity contribution in [1.82, 2.24) is 0 Å². The molecule has 0 atom stereocenters. The van der Waals surface area contributed by atoms with Gasteiger partial charge in [0.2, 0.25) is 0 Å². The second kappa shape index (κ2) is 3.40. The summed E-state index contributed by atoms with van der Waals surface area (Å²) in [5, 5.41) is 0. The van der Waals surface area contributed by atoms with E-state index in [0.29, 0.717) is 0 Å². The summed E-state index contributed by atoms with van der Waals surface area (Å²) in [6, 6.07) is 0. The Hall–Kier alpha value is -0.780. The van der Waals surface area contributed by atoms with Crippen molar-refractivity contribution in [3.05, 3.63) is 35.5 Å². The van der Waals surface area contributed by atoms with E-state index in [1.807, 2.05) is 0 Å². The van der Waals surface area contributed by atoms with Crippen molar-refractivity contribution in [1.29, 1.82) is 0 Å². The van der Waals surface area contributed by atoms with Crippen molar-refractivity contribution >= 4 is 0 Å². The van der Waals surface area contributed by atoms with Gasteiger partial charge in [0.25, 0.3) is 0 Å². The summed E-state index contributed by atoms with van der Waals surface area (Å²) in [6.45, 7) is 4.24. The lowest BCUT2D eigenvalue weighted by molar-refractivity contribution is 1.02. The maximum Gasteiger partial charge on any atom is -0.0274 e. The number of hydrogen-bond donors (Lipinski definition) is 0. The van der Waals surface area contributed by atoms with Crippen LogP contribution >= 0.6 is 0 Å². The highest BCUT2D eigenvalue weighted by Crippen LogP contribution is 2.16. The summed E-state index contributed by atoms with van der Waals surface area (Å²) in [6.07, 6.45) is 11.3. The molecule has 0 nitrogen and oxygen atoms in total. The Kier molecular flexibility index (Phi) is 2.49. The smallest absolute Gasteiger partial charge is 0.0274 e. The van der Waals surface area contributed by atoms with Crippen LogP contribution < -0.4 is 0 Å². The average molecular weight is 134 g/mol. The normalized spacial score (nSPS) is 19.0. The monoisotopic (exact) mass is 134 g/mol. The lowest BCUT2D eigenvalue weighted by Crippen LogP contribution is -1.85. The predicted octanol–water partition coefficient (Wildman–Crippen LogP) is 3.23. The quantitative estimate of drug-likeness (QED) is 0.516. The molecule has 1 aliphatic rings. The molecule has 0 unspecified atom stereocenters. The van der Waals surface area contributed by atoms with Crippen molar-refractivity contribution in [3.63, 3.8) is 0 Å². The summed E-state index contributed by atoms with van der Waals surface area (Å²) >= 11 is 0. The largest absolute Gasteiger partial charge is 0.0841 e. The highest BCUT2D eigenvalue weighted by Gasteiger charge is 1.96. The predicted molar refractivity (Wildman–Crippen MR) is 45.9 cm³/mol. The Morgan fingerprint density at radius 1 is 1.50 bits per heavy atom. The Morgan fingerprint density at radius 3 is 2.80 bits per heavy atom. The first-order valence-electron chi connectivity index (χ1n) is 3.84. The molecule has 0 saturated carbocycles. The van der Waals surface area contributed by atoms with E-state index in [9.17, 15) is 0 Å². The number of rotatable bonds is 1. The standard InChI is InChI=1S/C10H14/c1-3-9(2)10-7-5-4-6-8-10/h3,5,7-8H,4,6H2,1-2H3. The van der Waals surface area contributed by atoms with Crippen LogP contribution in [-0.2, 0) is 0 Å². The maximum atomic E-state index is 2.30. The summed E-state index contributed by atoms with van der Waals surface area (Å²) in [5.41, 5.74) is 2.78. The Balaban J connectivity index is 2.72. The second-order valence-electron chi connectivity index (χ2n) is 2.61. The highest BCUT2D eigenvalue weighted by molar-refractivity contribution is 5.39. The molecule has 0 aromatic carbocycles. The molecule has 54 valence electrons. The molecule has 0 N–H and O–H groups in total. The highest BCUT2D eigenvalue weighted by atomic mass is 14.0. The summed E-state index contributed by atoms with van der Waals surface area (Å²) in [4.78, 5) is 0. The van der Waals surface area contributed by atoms with Crippen LogP contribution in [0.2, 0.25) is 0 Å². The average Bonchev–Trinajstić information content (AvgIpc) is 2.05. The van der Waals surface area contributed by atoms with Crippen molar-refractivity contribution < 1.29 is 0 Å². The fourth-order valence-electron chi connectivity index (χ4n) is 1.07. The lowest BCUT2D eigenvalue weighted by Gasteiger charge is -2.05. The van der Waals surface area contributed by atoms with E-state index < -0.39 is 0 Å². The summed E-state index contributed by atoms with van der Waals surface area (Å²) in [7, 11) is 0. The van der Waals surface area contributed by atoms with Crippen LogP contribution in [0.5, 0.6) is 0 Å². The van der Waals surface area contributed by atoms with Gasteiger partial charge in [0.05, 0.1) is 0 Å². The second-order valence-corrected chi connectivity index (χ2v) is 2.61. The van der Waals surface area contributed by atoms with Crippen LogP contribution in [0.4, 0.5) is 0 Å². The Morgan fingerprint density at radius 2 is 2.30 bits per heavy atom. The van der Waals surface area contributed by atoms with Crippen molar-refractivity contribution in [3.8, 4) is 0 Å². The fourth-order valence-corrected chi connectivity index (χ4v) is 1.07. The van der Waals surface area contributed by atoms with Gasteiger partial charge < -0.3 is 0 Å². The minimum absolute atomic E-state index is 1.21. The fraction of sp³-hybridized carbons (Fsp3) is 0.400. The van der Waals surface area contributed by atoms with E-state index in [-0.39, 0.29) is 0 Å². The molecular weight excluding hydrogens is 120 g/mol. The molecule has 0 aromatic rings. The molecule has 0 aromatic heterocycles. The molecule has 0 heterocycles. The third kappa shape index (κ3) is 1.60. The van der Waals surface area contributed by atoms with Gasteiger partial charge in [-0.1, -0.05) is 24.3 Å². The van der Waals surface area contributed by atoms with Gasteiger partial charge in [-0.05, 0) is 37.8 Å². The molecule has 0 fully saturated rings. The molecule has 1 rings (SSSR count). The zero-order valence-corrected chi connectivity index (χ0v) is 6.72. The van der Waals surface area contributed by atoms with Gasteiger partial charge in [-0.15, -0.1) is 0 Å². The molecule has 0 saturated heterocycles. The van der Waals surface area contributed by atoms with Crippen molar-refractivity contribution in [2.45, 2.75) is 26.7 Å². The molecule has 0 bridgehead atoms. The first-order valence-corrected chi connectivity index (χ1v) is 3.84. The molecule has 10 heavy (non-hydrogen) atoms. The minimum atomic E-state index is 1.21. The van der Waals surface area contributed by atoms with E-state index in [1.165, 1.54) is 24.0 Å². The summed E-state index contributed by atoms with van der Waals surface area (Å²) in [5.74, 6) is 0. The maximum absolute atomic E-state index is 2.30. The minimum Gasteiger partial charge on any atom is -0.0841 e. The van der Waals surface area contributed by atoms with E-state index in [2.05, 4.69) is 38.2 Å². The van der Waals surface area contributed by atoms with E-state index >= 15 is 0 Å². The van der Waals surface area contributed by atoms with E-state index in [4.69, 9.17) is 0 Å². The molecule has 0 aliphatic heterocycles. The molecule has 0 radical (unpaired) electrons. The number of hydrogen-bond acceptors (Lipinski definition) is 0. The van der Waals surface area contributed by atoms with E-state index in [1.54, 1.807) is 0 Å². The molecular formula is C10H14. The molecule has 0 heteroatoms. The van der Waals surface area contributed by atoms with Gasteiger partial charge >= 0.3 is 0 Å².